The minimum atomic E-state index is -2.95. The molecule has 20 heavy (non-hydrogen) atoms. The first-order valence-electron chi connectivity index (χ1n) is 6.02. The Labute approximate surface area is 114 Å². The molecule has 0 aliphatic rings. The first kappa shape index (κ1) is 14.4. The lowest BCUT2D eigenvalue weighted by Crippen LogP contribution is -2.08. The summed E-state index contributed by atoms with van der Waals surface area (Å²) in [4.78, 5) is 0. The zero-order chi connectivity index (χ0) is 14.5. The van der Waals surface area contributed by atoms with Crippen LogP contribution in [0.3, 0.4) is 0 Å². The van der Waals surface area contributed by atoms with Gasteiger partial charge in [-0.3, -0.25) is 0 Å². The van der Waals surface area contributed by atoms with Crippen molar-refractivity contribution in [2.24, 2.45) is 0 Å². The Morgan fingerprint density at radius 2 is 1.65 bits per heavy atom. The summed E-state index contributed by atoms with van der Waals surface area (Å²) < 4.78 is 41.7. The molecule has 0 radical (unpaired) electrons. The van der Waals surface area contributed by atoms with Crippen LogP contribution in [-0.4, -0.2) is 11.7 Å². The molecule has 2 rings (SSSR count). The van der Waals surface area contributed by atoms with Gasteiger partial charge in [-0.1, -0.05) is 30.3 Å². The second-order valence-electron chi connectivity index (χ2n) is 4.26. The molecule has 2 aromatic rings. The van der Waals surface area contributed by atoms with E-state index in [2.05, 4.69) is 4.74 Å². The van der Waals surface area contributed by atoms with Crippen molar-refractivity contribution in [3.05, 3.63) is 65.5 Å². The van der Waals surface area contributed by atoms with Gasteiger partial charge in [-0.15, -0.1) is 0 Å². The molecule has 1 atom stereocenters. The van der Waals surface area contributed by atoms with Gasteiger partial charge in [0.25, 0.3) is 0 Å². The molecule has 0 fully saturated rings. The summed E-state index contributed by atoms with van der Waals surface area (Å²) in [6.45, 7) is -2.95. The number of aliphatic hydroxyl groups is 1. The van der Waals surface area contributed by atoms with Crippen LogP contribution in [0.15, 0.2) is 48.5 Å². The van der Waals surface area contributed by atoms with E-state index in [1.165, 1.54) is 36.4 Å². The van der Waals surface area contributed by atoms with Crippen molar-refractivity contribution in [3.63, 3.8) is 0 Å². The molecule has 5 heteroatoms. The van der Waals surface area contributed by atoms with Crippen LogP contribution in [0.1, 0.15) is 17.2 Å². The molecule has 2 aromatic carbocycles. The van der Waals surface area contributed by atoms with Gasteiger partial charge in [0.1, 0.15) is 11.6 Å². The summed E-state index contributed by atoms with van der Waals surface area (Å²) in [5, 5.41) is 10.1. The van der Waals surface area contributed by atoms with Crippen LogP contribution in [0, 0.1) is 5.82 Å². The fourth-order valence-electron chi connectivity index (χ4n) is 1.91. The van der Waals surface area contributed by atoms with E-state index in [1.807, 2.05) is 0 Å². The Hall–Kier alpha value is -2.01. The summed E-state index contributed by atoms with van der Waals surface area (Å²) in [7, 11) is 0. The first-order valence-corrected chi connectivity index (χ1v) is 6.02. The molecule has 106 valence electrons. The zero-order valence-electron chi connectivity index (χ0n) is 10.5. The molecule has 0 amide bonds. The zero-order valence-corrected chi connectivity index (χ0v) is 10.5. The van der Waals surface area contributed by atoms with Crippen LogP contribution in [-0.2, 0) is 6.42 Å². The number of hydrogen-bond acceptors (Lipinski definition) is 2. The predicted molar refractivity (Wildman–Crippen MR) is 68.1 cm³/mol. The summed E-state index contributed by atoms with van der Waals surface area (Å²) >= 11 is 0. The van der Waals surface area contributed by atoms with Crippen molar-refractivity contribution in [1.82, 2.24) is 0 Å². The number of para-hydroxylation sites is 1. The molecule has 0 aromatic heterocycles. The molecule has 2 nitrogen and oxygen atoms in total. The lowest BCUT2D eigenvalue weighted by atomic mass is 10.0. The highest BCUT2D eigenvalue weighted by Crippen LogP contribution is 2.28. The third-order valence-corrected chi connectivity index (χ3v) is 2.84. The minimum Gasteiger partial charge on any atom is -0.434 e. The van der Waals surface area contributed by atoms with Crippen molar-refractivity contribution in [2.75, 3.05) is 0 Å². The lowest BCUT2D eigenvalue weighted by molar-refractivity contribution is -0.0515. The van der Waals surface area contributed by atoms with E-state index >= 15 is 0 Å². The molecule has 1 unspecified atom stereocenters. The number of benzene rings is 2. The predicted octanol–water partition coefficient (Wildman–Crippen LogP) is 3.70. The number of ether oxygens (including phenoxy) is 1. The number of alkyl halides is 2. The van der Waals surface area contributed by atoms with Gasteiger partial charge in [0, 0.05) is 12.0 Å². The molecule has 0 aliphatic carbocycles. The van der Waals surface area contributed by atoms with E-state index in [-0.39, 0.29) is 23.6 Å². The van der Waals surface area contributed by atoms with Crippen molar-refractivity contribution in [3.8, 4) is 5.75 Å². The lowest BCUT2D eigenvalue weighted by Gasteiger charge is -2.15. The SMILES string of the molecule is OC(Cc1ccc(F)cc1)c1ccccc1OC(F)F. The van der Waals surface area contributed by atoms with E-state index < -0.39 is 12.7 Å². The van der Waals surface area contributed by atoms with Crippen molar-refractivity contribution >= 4 is 0 Å². The van der Waals surface area contributed by atoms with Crippen LogP contribution >= 0.6 is 0 Å². The minimum absolute atomic E-state index is 0.0582. The number of hydrogen-bond donors (Lipinski definition) is 1. The van der Waals surface area contributed by atoms with Crippen LogP contribution < -0.4 is 4.74 Å². The highest BCUT2D eigenvalue weighted by atomic mass is 19.3. The number of halogens is 3. The van der Waals surface area contributed by atoms with Crippen LogP contribution in [0.25, 0.3) is 0 Å². The van der Waals surface area contributed by atoms with Gasteiger partial charge in [-0.05, 0) is 23.8 Å². The smallest absolute Gasteiger partial charge is 0.387 e. The molecule has 0 spiro atoms. The second kappa shape index (κ2) is 6.43. The standard InChI is InChI=1S/C15H13F3O2/c16-11-7-5-10(6-8-11)9-13(19)12-3-1-2-4-14(12)20-15(17)18/h1-8,13,15,19H,9H2. The highest BCUT2D eigenvalue weighted by molar-refractivity contribution is 5.36. The first-order chi connectivity index (χ1) is 9.56. The van der Waals surface area contributed by atoms with Crippen molar-refractivity contribution < 1.29 is 23.0 Å². The third-order valence-electron chi connectivity index (χ3n) is 2.84. The third kappa shape index (κ3) is 3.74. The Kier molecular flexibility index (Phi) is 4.63. The second-order valence-corrected chi connectivity index (χ2v) is 4.26. The Balaban J connectivity index is 2.16. The van der Waals surface area contributed by atoms with Crippen molar-refractivity contribution in [1.29, 1.82) is 0 Å². The summed E-state index contributed by atoms with van der Waals surface area (Å²) in [6.07, 6.45) is -0.820. The molecular formula is C15H13F3O2. The Morgan fingerprint density at radius 1 is 1.00 bits per heavy atom. The summed E-state index contributed by atoms with van der Waals surface area (Å²) in [6, 6.07) is 11.7. The fourth-order valence-corrected chi connectivity index (χ4v) is 1.91. The Morgan fingerprint density at radius 3 is 2.30 bits per heavy atom. The van der Waals surface area contributed by atoms with Gasteiger partial charge in [-0.2, -0.15) is 8.78 Å². The van der Waals surface area contributed by atoms with Gasteiger partial charge in [0.2, 0.25) is 0 Å². The van der Waals surface area contributed by atoms with E-state index in [0.29, 0.717) is 5.56 Å². The maximum atomic E-state index is 12.8. The van der Waals surface area contributed by atoms with E-state index in [0.717, 1.165) is 0 Å². The van der Waals surface area contributed by atoms with Gasteiger partial charge < -0.3 is 9.84 Å². The largest absolute Gasteiger partial charge is 0.434 e. The normalized spacial score (nSPS) is 12.4. The van der Waals surface area contributed by atoms with Crippen LogP contribution in [0.4, 0.5) is 13.2 Å². The van der Waals surface area contributed by atoms with Gasteiger partial charge in [0.05, 0.1) is 6.10 Å². The molecule has 0 bridgehead atoms. The number of rotatable bonds is 5. The van der Waals surface area contributed by atoms with Crippen molar-refractivity contribution in [2.45, 2.75) is 19.1 Å². The monoisotopic (exact) mass is 282 g/mol. The fraction of sp³-hybridized carbons (Fsp3) is 0.200. The maximum absolute atomic E-state index is 12.8. The maximum Gasteiger partial charge on any atom is 0.387 e. The summed E-state index contributed by atoms with van der Waals surface area (Å²) in [5.74, 6) is -0.429. The quantitative estimate of drug-likeness (QED) is 0.906. The van der Waals surface area contributed by atoms with E-state index in [4.69, 9.17) is 0 Å². The average Bonchev–Trinajstić information content (AvgIpc) is 2.41. The van der Waals surface area contributed by atoms with Gasteiger partial charge in [0.15, 0.2) is 0 Å². The molecular weight excluding hydrogens is 269 g/mol. The molecule has 0 heterocycles. The molecule has 0 aliphatic heterocycles. The van der Waals surface area contributed by atoms with Gasteiger partial charge >= 0.3 is 6.61 Å². The molecule has 0 saturated heterocycles. The van der Waals surface area contributed by atoms with Crippen LogP contribution in [0.2, 0.25) is 0 Å². The Bertz CT molecular complexity index is 555. The van der Waals surface area contributed by atoms with E-state index in [9.17, 15) is 18.3 Å². The molecule has 0 saturated carbocycles. The number of aliphatic hydroxyl groups excluding tert-OH is 1. The highest BCUT2D eigenvalue weighted by Gasteiger charge is 2.16. The summed E-state index contributed by atoms with van der Waals surface area (Å²) in [5.41, 5.74) is 0.975. The topological polar surface area (TPSA) is 29.5 Å². The van der Waals surface area contributed by atoms with Crippen LogP contribution in [0.5, 0.6) is 5.75 Å². The molecule has 1 N–H and O–H groups in total. The van der Waals surface area contributed by atoms with E-state index in [1.54, 1.807) is 12.1 Å². The van der Waals surface area contributed by atoms with Gasteiger partial charge in [-0.25, -0.2) is 4.39 Å². The average molecular weight is 282 g/mol.